The molecule has 9 nitrogen and oxygen atoms in total. The van der Waals surface area contributed by atoms with Crippen LogP contribution in [-0.2, 0) is 0 Å². The highest BCUT2D eigenvalue weighted by atomic mass is 32.1. The Morgan fingerprint density at radius 2 is 2.21 bits per heavy atom. The van der Waals surface area contributed by atoms with Crippen molar-refractivity contribution in [3.63, 3.8) is 0 Å². The first kappa shape index (κ1) is 20.0. The number of nitrogens with zero attached hydrogens (tertiary/aromatic N) is 5. The van der Waals surface area contributed by atoms with Crippen molar-refractivity contribution in [1.82, 2.24) is 19.7 Å². The van der Waals surface area contributed by atoms with Gasteiger partial charge in [0.1, 0.15) is 39.0 Å². The quantitative estimate of drug-likeness (QED) is 0.473. The number of ether oxygens (including phenoxy) is 1. The maximum Gasteiger partial charge on any atom is 0.202 e. The highest BCUT2D eigenvalue weighted by molar-refractivity contribution is 7.19. The van der Waals surface area contributed by atoms with Gasteiger partial charge >= 0.3 is 0 Å². The number of halogens is 1. The SMILES string of the molecule is COc1c(N2CC[C@@H](c3ncn[nH]3)C2)c(F)cc2c(=O)c3c(O)c(C#N)sc3n(C3CC3)c12. The standard InChI is InChI=1S/C22H19FN6O3S/c1-32-20-16-12(6-13(23)17(20)28-5-4-10(8-28)21-25-9-26-27-21)18(30)15-19(31)14(7-24)33-22(15)29(16)11-2-3-11/h6,9-11,31H,2-5,8H2,1H3,(H,25,26,27)/t10-/m1/s1. The lowest BCUT2D eigenvalue weighted by molar-refractivity contribution is 0.414. The molecule has 4 aromatic rings. The van der Waals surface area contributed by atoms with Gasteiger partial charge in [0.2, 0.25) is 5.43 Å². The number of aromatic nitrogens is 4. The van der Waals surface area contributed by atoms with E-state index in [-0.39, 0.29) is 33.4 Å². The van der Waals surface area contributed by atoms with Crippen LogP contribution in [0.5, 0.6) is 11.5 Å². The van der Waals surface area contributed by atoms with Gasteiger partial charge in [-0.15, -0.1) is 11.3 Å². The summed E-state index contributed by atoms with van der Waals surface area (Å²) < 4.78 is 23.3. The number of nitriles is 1. The second-order valence-electron chi connectivity index (χ2n) is 8.44. The Kier molecular flexibility index (Phi) is 4.35. The van der Waals surface area contributed by atoms with E-state index in [1.807, 2.05) is 15.5 Å². The maximum absolute atomic E-state index is 15.6. The number of nitrogens with one attached hydrogen (secondary N) is 1. The van der Waals surface area contributed by atoms with E-state index in [1.165, 1.54) is 19.5 Å². The molecular formula is C22H19FN6O3S. The number of fused-ring (bicyclic) bond motifs is 2. The van der Waals surface area contributed by atoms with Crippen molar-refractivity contribution < 1.29 is 14.2 Å². The molecule has 1 atom stereocenters. The molecule has 0 amide bonds. The zero-order chi connectivity index (χ0) is 22.9. The third-order valence-corrected chi connectivity index (χ3v) is 7.60. The summed E-state index contributed by atoms with van der Waals surface area (Å²) in [6.45, 7) is 1.13. The summed E-state index contributed by atoms with van der Waals surface area (Å²) >= 11 is 1.08. The Morgan fingerprint density at radius 3 is 2.88 bits per heavy atom. The molecule has 11 heteroatoms. The molecule has 4 heterocycles. The number of H-pyrrole nitrogens is 1. The summed E-state index contributed by atoms with van der Waals surface area (Å²) in [5.74, 6) is 0.226. The number of anilines is 1. The molecule has 1 saturated carbocycles. The minimum atomic E-state index is -0.563. The third kappa shape index (κ3) is 2.83. The van der Waals surface area contributed by atoms with Gasteiger partial charge in [-0.2, -0.15) is 10.4 Å². The van der Waals surface area contributed by atoms with Gasteiger partial charge < -0.3 is 19.3 Å². The fourth-order valence-electron chi connectivity index (χ4n) is 4.88. The molecule has 2 fully saturated rings. The van der Waals surface area contributed by atoms with E-state index >= 15 is 4.39 Å². The summed E-state index contributed by atoms with van der Waals surface area (Å²) in [7, 11) is 1.47. The van der Waals surface area contributed by atoms with E-state index in [1.54, 1.807) is 0 Å². The van der Waals surface area contributed by atoms with Crippen LogP contribution in [0.1, 0.15) is 41.9 Å². The number of hydrogen-bond donors (Lipinski definition) is 2. The largest absolute Gasteiger partial charge is 0.505 e. The molecule has 2 aliphatic rings. The summed E-state index contributed by atoms with van der Waals surface area (Å²) in [6, 6.07) is 3.28. The summed E-state index contributed by atoms with van der Waals surface area (Å²) in [4.78, 5) is 20.1. The van der Waals surface area contributed by atoms with Gasteiger partial charge in [-0.25, -0.2) is 9.37 Å². The molecular weight excluding hydrogens is 447 g/mol. The van der Waals surface area contributed by atoms with E-state index in [9.17, 15) is 15.2 Å². The summed E-state index contributed by atoms with van der Waals surface area (Å²) in [5.41, 5.74) is 0.307. The molecule has 6 rings (SSSR count). The van der Waals surface area contributed by atoms with Gasteiger partial charge in [0, 0.05) is 25.0 Å². The number of pyridine rings is 1. The molecule has 0 unspecified atom stereocenters. The normalized spacial score (nSPS) is 18.3. The number of aromatic amines is 1. The number of hydrogen-bond acceptors (Lipinski definition) is 8. The first-order valence-electron chi connectivity index (χ1n) is 10.6. The van der Waals surface area contributed by atoms with Crippen LogP contribution in [0.3, 0.4) is 0 Å². The number of benzene rings is 1. The first-order valence-corrected chi connectivity index (χ1v) is 11.5. The Morgan fingerprint density at radius 1 is 1.39 bits per heavy atom. The Bertz CT molecular complexity index is 1520. The molecule has 1 aromatic carbocycles. The average Bonchev–Trinajstić information content (AvgIpc) is 3.18. The van der Waals surface area contributed by atoms with Crippen LogP contribution < -0.4 is 15.1 Å². The van der Waals surface area contributed by atoms with Gasteiger partial charge in [-0.05, 0) is 25.3 Å². The van der Waals surface area contributed by atoms with E-state index < -0.39 is 11.2 Å². The van der Waals surface area contributed by atoms with Crippen LogP contribution in [0.4, 0.5) is 10.1 Å². The zero-order valence-electron chi connectivity index (χ0n) is 17.6. The van der Waals surface area contributed by atoms with E-state index in [0.29, 0.717) is 34.9 Å². The predicted octanol–water partition coefficient (Wildman–Crippen LogP) is 3.39. The average molecular weight is 466 g/mol. The second kappa shape index (κ2) is 7.18. The maximum atomic E-state index is 15.6. The van der Waals surface area contributed by atoms with Crippen molar-refractivity contribution in [3.8, 4) is 17.6 Å². The molecule has 1 aliphatic carbocycles. The van der Waals surface area contributed by atoms with E-state index in [4.69, 9.17) is 4.74 Å². The van der Waals surface area contributed by atoms with Gasteiger partial charge in [0.25, 0.3) is 0 Å². The van der Waals surface area contributed by atoms with Crippen LogP contribution in [0.15, 0.2) is 17.2 Å². The number of thiophene rings is 1. The van der Waals surface area contributed by atoms with Gasteiger partial charge in [0.15, 0.2) is 17.3 Å². The molecule has 168 valence electrons. The molecule has 0 bridgehead atoms. The van der Waals surface area contributed by atoms with Gasteiger partial charge in [-0.1, -0.05) is 0 Å². The summed E-state index contributed by atoms with van der Waals surface area (Å²) in [6.07, 6.45) is 4.01. The highest BCUT2D eigenvalue weighted by Gasteiger charge is 2.35. The number of rotatable bonds is 4. The van der Waals surface area contributed by atoms with Crippen molar-refractivity contribution in [2.75, 3.05) is 25.1 Å². The van der Waals surface area contributed by atoms with Crippen LogP contribution in [0, 0.1) is 17.1 Å². The van der Waals surface area contributed by atoms with Crippen molar-refractivity contribution in [3.05, 3.63) is 39.1 Å². The van der Waals surface area contributed by atoms with E-state index in [0.717, 1.165) is 36.4 Å². The predicted molar refractivity (Wildman–Crippen MR) is 121 cm³/mol. The third-order valence-electron chi connectivity index (χ3n) is 6.52. The molecule has 2 N–H and O–H groups in total. The topological polar surface area (TPSA) is 120 Å². The highest BCUT2D eigenvalue weighted by Crippen LogP contribution is 2.49. The van der Waals surface area contributed by atoms with Crippen LogP contribution in [-0.4, -0.2) is 45.1 Å². The van der Waals surface area contributed by atoms with Gasteiger partial charge in [0.05, 0.1) is 18.0 Å². The van der Waals surface area contributed by atoms with Crippen LogP contribution in [0.2, 0.25) is 0 Å². The summed E-state index contributed by atoms with van der Waals surface area (Å²) in [5, 5.41) is 26.9. The lowest BCUT2D eigenvalue weighted by Crippen LogP contribution is -2.23. The van der Waals surface area contributed by atoms with E-state index in [2.05, 4.69) is 15.2 Å². The molecule has 0 spiro atoms. The Hall–Kier alpha value is -3.65. The second-order valence-corrected chi connectivity index (χ2v) is 9.44. The monoisotopic (exact) mass is 466 g/mol. The molecule has 1 aliphatic heterocycles. The van der Waals surface area contributed by atoms with Gasteiger partial charge in [-0.3, -0.25) is 9.89 Å². The zero-order valence-corrected chi connectivity index (χ0v) is 18.4. The van der Waals surface area contributed by atoms with Crippen LogP contribution >= 0.6 is 11.3 Å². The van der Waals surface area contributed by atoms with Crippen molar-refractivity contribution in [1.29, 1.82) is 5.26 Å². The fraction of sp³-hybridized carbons (Fsp3) is 0.364. The molecule has 1 saturated heterocycles. The van der Waals surface area contributed by atoms with Crippen LogP contribution in [0.25, 0.3) is 21.1 Å². The smallest absolute Gasteiger partial charge is 0.202 e. The lowest BCUT2D eigenvalue weighted by atomic mass is 10.1. The number of aromatic hydroxyl groups is 1. The first-order chi connectivity index (χ1) is 16.0. The molecule has 33 heavy (non-hydrogen) atoms. The fourth-order valence-corrected chi connectivity index (χ4v) is 5.95. The Balaban J connectivity index is 1.63. The lowest BCUT2D eigenvalue weighted by Gasteiger charge is -2.24. The minimum Gasteiger partial charge on any atom is -0.505 e. The molecule has 0 radical (unpaired) electrons. The van der Waals surface area contributed by atoms with Crippen molar-refractivity contribution in [2.45, 2.75) is 31.2 Å². The van der Waals surface area contributed by atoms with Crippen molar-refractivity contribution >= 4 is 38.1 Å². The number of methoxy groups -OCH3 is 1. The Labute approximate surface area is 190 Å². The van der Waals surface area contributed by atoms with Crippen molar-refractivity contribution in [2.24, 2.45) is 0 Å². The molecule has 3 aromatic heterocycles. The minimum absolute atomic E-state index is 0.0664.